The van der Waals surface area contributed by atoms with Gasteiger partial charge in [-0.25, -0.2) is 0 Å². The maximum absolute atomic E-state index is 11.3. The summed E-state index contributed by atoms with van der Waals surface area (Å²) in [6, 6.07) is 17.7. The standard InChI is InChI=1S/C20H16ClNO/c21-20-18(15-23)17-12-6-7-13-19(17)22(20)14-8-2-5-11-16-9-3-1-4-10-16/h1,3-4,6-7,9-10,12-13,15H,2,8,14H2. The average Bonchev–Trinajstić information content (AvgIpc) is 2.87. The van der Waals surface area contributed by atoms with Crippen LogP contribution in [0, 0.1) is 11.8 Å². The molecule has 2 nitrogen and oxygen atoms in total. The molecule has 0 atom stereocenters. The maximum Gasteiger partial charge on any atom is 0.153 e. The van der Waals surface area contributed by atoms with Gasteiger partial charge in [-0.2, -0.15) is 0 Å². The molecule has 0 spiro atoms. The van der Waals surface area contributed by atoms with Gasteiger partial charge in [0, 0.05) is 29.4 Å². The molecule has 3 rings (SSSR count). The number of fused-ring (bicyclic) bond motifs is 1. The monoisotopic (exact) mass is 321 g/mol. The molecule has 0 aliphatic rings. The third kappa shape index (κ3) is 3.31. The van der Waals surface area contributed by atoms with Crippen molar-refractivity contribution < 1.29 is 4.79 Å². The van der Waals surface area contributed by atoms with E-state index >= 15 is 0 Å². The van der Waals surface area contributed by atoms with E-state index in [0.717, 1.165) is 42.1 Å². The number of carbonyl (C=O) groups is 1. The number of benzene rings is 2. The van der Waals surface area contributed by atoms with Gasteiger partial charge in [-0.05, 0) is 24.6 Å². The molecule has 0 amide bonds. The number of para-hydroxylation sites is 1. The number of hydrogen-bond acceptors (Lipinski definition) is 1. The first kappa shape index (κ1) is 15.4. The van der Waals surface area contributed by atoms with Gasteiger partial charge >= 0.3 is 0 Å². The fourth-order valence-corrected chi connectivity index (χ4v) is 2.96. The molecule has 1 heterocycles. The van der Waals surface area contributed by atoms with Crippen LogP contribution in [-0.4, -0.2) is 10.9 Å². The van der Waals surface area contributed by atoms with Crippen LogP contribution in [0.5, 0.6) is 0 Å². The lowest BCUT2D eigenvalue weighted by Gasteiger charge is -2.05. The highest BCUT2D eigenvalue weighted by Gasteiger charge is 2.13. The summed E-state index contributed by atoms with van der Waals surface area (Å²) in [5.41, 5.74) is 2.59. The van der Waals surface area contributed by atoms with E-state index in [1.54, 1.807) is 0 Å². The molecule has 0 unspecified atom stereocenters. The molecule has 0 N–H and O–H groups in total. The molecule has 2 aromatic carbocycles. The lowest BCUT2D eigenvalue weighted by atomic mass is 10.2. The van der Waals surface area contributed by atoms with Crippen molar-refractivity contribution in [2.24, 2.45) is 0 Å². The SMILES string of the molecule is O=Cc1c(Cl)n(CCCC#Cc2ccccc2)c2ccccc12. The molecule has 114 valence electrons. The van der Waals surface area contributed by atoms with E-state index in [0.29, 0.717) is 10.7 Å². The van der Waals surface area contributed by atoms with Crippen LogP contribution < -0.4 is 0 Å². The number of hydrogen-bond donors (Lipinski definition) is 0. The lowest BCUT2D eigenvalue weighted by molar-refractivity contribution is 0.112. The van der Waals surface area contributed by atoms with E-state index in [1.165, 1.54) is 0 Å². The van der Waals surface area contributed by atoms with Crippen LogP contribution in [0.25, 0.3) is 10.9 Å². The first-order valence-electron chi connectivity index (χ1n) is 7.57. The highest BCUT2D eigenvalue weighted by atomic mass is 35.5. The van der Waals surface area contributed by atoms with Crippen LogP contribution in [0.3, 0.4) is 0 Å². The van der Waals surface area contributed by atoms with Gasteiger partial charge in [0.25, 0.3) is 0 Å². The Kier molecular flexibility index (Phi) is 4.80. The first-order valence-corrected chi connectivity index (χ1v) is 7.95. The van der Waals surface area contributed by atoms with Gasteiger partial charge in [-0.1, -0.05) is 59.8 Å². The predicted octanol–water partition coefficient (Wildman–Crippen LogP) is 4.94. The zero-order valence-electron chi connectivity index (χ0n) is 12.6. The molecule has 23 heavy (non-hydrogen) atoms. The summed E-state index contributed by atoms with van der Waals surface area (Å²) in [6.45, 7) is 0.747. The number of aromatic nitrogens is 1. The normalized spacial score (nSPS) is 10.3. The van der Waals surface area contributed by atoms with Crippen molar-refractivity contribution >= 4 is 28.8 Å². The summed E-state index contributed by atoms with van der Waals surface area (Å²) in [6.07, 6.45) is 2.50. The van der Waals surface area contributed by atoms with Crippen molar-refractivity contribution in [3.8, 4) is 11.8 Å². The van der Waals surface area contributed by atoms with Crippen molar-refractivity contribution in [2.75, 3.05) is 0 Å². The predicted molar refractivity (Wildman–Crippen MR) is 94.9 cm³/mol. The third-order valence-corrected chi connectivity index (χ3v) is 4.16. The minimum absolute atomic E-state index is 0.511. The molecule has 0 aliphatic carbocycles. The fraction of sp³-hybridized carbons (Fsp3) is 0.150. The van der Waals surface area contributed by atoms with Crippen LogP contribution >= 0.6 is 11.6 Å². The van der Waals surface area contributed by atoms with Gasteiger partial charge in [0.2, 0.25) is 0 Å². The van der Waals surface area contributed by atoms with Crippen LogP contribution in [0.4, 0.5) is 0 Å². The van der Waals surface area contributed by atoms with Gasteiger partial charge in [0.15, 0.2) is 6.29 Å². The average molecular weight is 322 g/mol. The zero-order chi connectivity index (χ0) is 16.1. The maximum atomic E-state index is 11.3. The molecule has 0 radical (unpaired) electrons. The smallest absolute Gasteiger partial charge is 0.153 e. The Bertz CT molecular complexity index is 884. The van der Waals surface area contributed by atoms with Gasteiger partial charge in [0.05, 0.1) is 5.56 Å². The Morgan fingerprint density at radius 1 is 1.04 bits per heavy atom. The van der Waals surface area contributed by atoms with Crippen LogP contribution in [0.1, 0.15) is 28.8 Å². The van der Waals surface area contributed by atoms with Gasteiger partial charge < -0.3 is 4.57 Å². The van der Waals surface area contributed by atoms with Gasteiger partial charge in [0.1, 0.15) is 5.15 Å². The molecule has 3 aromatic rings. The van der Waals surface area contributed by atoms with Crippen LogP contribution in [0.2, 0.25) is 5.15 Å². The first-order chi connectivity index (χ1) is 11.3. The molecular weight excluding hydrogens is 306 g/mol. The van der Waals surface area contributed by atoms with Crippen molar-refractivity contribution in [2.45, 2.75) is 19.4 Å². The summed E-state index contributed by atoms with van der Waals surface area (Å²) in [4.78, 5) is 11.3. The Balaban J connectivity index is 1.72. The van der Waals surface area contributed by atoms with Crippen molar-refractivity contribution in [1.29, 1.82) is 0 Å². The lowest BCUT2D eigenvalue weighted by Crippen LogP contribution is -1.97. The fourth-order valence-electron chi connectivity index (χ4n) is 2.64. The van der Waals surface area contributed by atoms with Gasteiger partial charge in [-0.3, -0.25) is 4.79 Å². The number of rotatable bonds is 4. The number of nitrogens with zero attached hydrogens (tertiary/aromatic N) is 1. The quantitative estimate of drug-likeness (QED) is 0.379. The van der Waals surface area contributed by atoms with Crippen LogP contribution in [-0.2, 0) is 6.54 Å². The molecule has 0 saturated carbocycles. The number of carbonyl (C=O) groups excluding carboxylic acids is 1. The largest absolute Gasteiger partial charge is 0.331 e. The second-order valence-corrected chi connectivity index (χ2v) is 5.62. The minimum Gasteiger partial charge on any atom is -0.331 e. The molecule has 0 aliphatic heterocycles. The number of aldehydes is 1. The van der Waals surface area contributed by atoms with E-state index in [4.69, 9.17) is 11.6 Å². The molecule has 3 heteroatoms. The summed E-state index contributed by atoms with van der Waals surface area (Å²) in [7, 11) is 0. The highest BCUT2D eigenvalue weighted by molar-refractivity contribution is 6.34. The summed E-state index contributed by atoms with van der Waals surface area (Å²) < 4.78 is 1.99. The number of aryl methyl sites for hydroxylation is 1. The van der Waals surface area contributed by atoms with Crippen molar-refractivity contribution in [1.82, 2.24) is 4.57 Å². The molecule has 0 saturated heterocycles. The summed E-state index contributed by atoms with van der Waals surface area (Å²) in [5, 5.41) is 1.42. The Labute approximate surface area is 140 Å². The summed E-state index contributed by atoms with van der Waals surface area (Å²) in [5.74, 6) is 6.33. The Hall–Kier alpha value is -2.50. The molecule has 0 bridgehead atoms. The Morgan fingerprint density at radius 3 is 2.57 bits per heavy atom. The van der Waals surface area contributed by atoms with E-state index < -0.39 is 0 Å². The van der Waals surface area contributed by atoms with E-state index in [-0.39, 0.29) is 0 Å². The van der Waals surface area contributed by atoms with Crippen LogP contribution in [0.15, 0.2) is 54.6 Å². The second-order valence-electron chi connectivity index (χ2n) is 5.26. The topological polar surface area (TPSA) is 22.0 Å². The number of halogens is 1. The molecule has 1 aromatic heterocycles. The zero-order valence-corrected chi connectivity index (χ0v) is 13.4. The second kappa shape index (κ2) is 7.17. The molecular formula is C20H16ClNO. The van der Waals surface area contributed by atoms with E-state index in [9.17, 15) is 4.79 Å². The minimum atomic E-state index is 0.511. The van der Waals surface area contributed by atoms with E-state index in [1.807, 2.05) is 59.2 Å². The Morgan fingerprint density at radius 2 is 1.78 bits per heavy atom. The highest BCUT2D eigenvalue weighted by Crippen LogP contribution is 2.29. The van der Waals surface area contributed by atoms with Gasteiger partial charge in [-0.15, -0.1) is 0 Å². The number of unbranched alkanes of at least 4 members (excludes halogenated alkanes) is 1. The summed E-state index contributed by atoms with van der Waals surface area (Å²) >= 11 is 6.36. The third-order valence-electron chi connectivity index (χ3n) is 3.75. The molecule has 0 fully saturated rings. The van der Waals surface area contributed by atoms with Crippen molar-refractivity contribution in [3.63, 3.8) is 0 Å². The van der Waals surface area contributed by atoms with Crippen molar-refractivity contribution in [3.05, 3.63) is 70.9 Å². The van der Waals surface area contributed by atoms with E-state index in [2.05, 4.69) is 11.8 Å².